The Balaban J connectivity index is 0.921. The third-order valence-electron chi connectivity index (χ3n) is 22.2. The first-order valence-electron chi connectivity index (χ1n) is 34.9. The summed E-state index contributed by atoms with van der Waals surface area (Å²) in [5.41, 5.74) is 15.4. The van der Waals surface area contributed by atoms with E-state index in [2.05, 4.69) is 212 Å². The molecule has 4 atom stereocenters. The normalized spacial score (nSPS) is 21.4. The molecule has 0 spiro atoms. The van der Waals surface area contributed by atoms with Crippen molar-refractivity contribution in [1.82, 2.24) is 19.9 Å². The fourth-order valence-corrected chi connectivity index (χ4v) is 16.2. The summed E-state index contributed by atoms with van der Waals surface area (Å²) < 4.78 is 30.4. The summed E-state index contributed by atoms with van der Waals surface area (Å²) in [6.07, 6.45) is 28.3. The van der Waals surface area contributed by atoms with Crippen molar-refractivity contribution in [3.63, 3.8) is 0 Å². The zero-order valence-electron chi connectivity index (χ0n) is 56.5. The Bertz CT molecular complexity index is 3430. The van der Waals surface area contributed by atoms with Crippen LogP contribution in [0.1, 0.15) is 126 Å². The van der Waals surface area contributed by atoms with E-state index in [4.69, 9.17) is 28.9 Å². The van der Waals surface area contributed by atoms with E-state index in [9.17, 15) is 0 Å². The van der Waals surface area contributed by atoms with Gasteiger partial charge in [-0.15, -0.1) is 0 Å². The number of nitrogens with zero attached hydrogens (tertiary/aromatic N) is 6. The fraction of sp³-hybridized carbons (Fsp3) is 0.450. The molecule has 482 valence electrons. The number of aromatic nitrogens is 4. The van der Waals surface area contributed by atoms with E-state index in [0.29, 0.717) is 50.6 Å². The molecule has 4 fully saturated rings. The molecule has 12 nitrogen and oxygen atoms in total. The molecule has 3 aromatic heterocycles. The fourth-order valence-electron chi connectivity index (χ4n) is 16.2. The Morgan fingerprint density at radius 3 is 0.728 bits per heavy atom. The van der Waals surface area contributed by atoms with E-state index >= 15 is 0 Å². The maximum atomic E-state index is 6.54. The van der Waals surface area contributed by atoms with Gasteiger partial charge in [0.25, 0.3) is 0 Å². The minimum Gasteiger partial charge on any atom is -0.493 e. The summed E-state index contributed by atoms with van der Waals surface area (Å²) in [4.78, 5) is 19.3. The van der Waals surface area contributed by atoms with Crippen molar-refractivity contribution in [2.45, 2.75) is 127 Å². The molecular formula is C80H102N8O4+4. The van der Waals surface area contributed by atoms with Crippen molar-refractivity contribution in [3.8, 4) is 67.5 Å². The highest BCUT2D eigenvalue weighted by atomic mass is 16.5. The Morgan fingerprint density at radius 1 is 0.304 bits per heavy atom. The molecule has 13 rings (SSSR count). The second-order valence-electron chi connectivity index (χ2n) is 29.8. The number of nitrogens with one attached hydrogen (secondary N) is 2. The first-order chi connectivity index (χ1) is 44.5. The van der Waals surface area contributed by atoms with Gasteiger partial charge in [0.05, 0.1) is 156 Å². The van der Waals surface area contributed by atoms with Crippen LogP contribution in [0, 0.1) is 0 Å². The first kappa shape index (κ1) is 63.3. The number of quaternary nitrogens is 4. The number of aromatic amines is 2. The van der Waals surface area contributed by atoms with Gasteiger partial charge in [-0.3, -0.25) is 0 Å². The average molecular weight is 1240 g/mol. The van der Waals surface area contributed by atoms with Crippen LogP contribution < -0.4 is 18.9 Å². The SMILES string of the molecule is C[N+]1(C)CCCCC1CCOc1ccc(-c2c3nc(c(-c4ccc(OCCC5CCCC[N+]5(C)C)cc4)c4ccc([nH]4)c(-c4ccc(OCCC5CCCC[N+]5(C)C)cc4)c4nc(c(-c5ccc(OCCC6CCCC[N+]6(C)C)cc5)c5ccc2[nH]5)C=C4)C=C3)cc1. The van der Waals surface area contributed by atoms with Gasteiger partial charge in [0.2, 0.25) is 0 Å². The van der Waals surface area contributed by atoms with Crippen LogP contribution in [-0.4, -0.2) is 171 Å². The van der Waals surface area contributed by atoms with Gasteiger partial charge < -0.3 is 46.8 Å². The van der Waals surface area contributed by atoms with E-state index in [1.165, 1.54) is 103 Å². The second-order valence-corrected chi connectivity index (χ2v) is 29.8. The molecule has 6 aliphatic rings. The molecule has 4 unspecified atom stereocenters. The molecule has 2 N–H and O–H groups in total. The van der Waals surface area contributed by atoms with E-state index in [1.807, 2.05) is 0 Å². The summed E-state index contributed by atoms with van der Waals surface area (Å²) >= 11 is 0. The van der Waals surface area contributed by atoms with Crippen LogP contribution in [0.2, 0.25) is 0 Å². The average Bonchev–Trinajstić information content (AvgIpc) is 1.65. The number of piperidine rings is 4. The van der Waals surface area contributed by atoms with E-state index in [-0.39, 0.29) is 0 Å². The van der Waals surface area contributed by atoms with Crippen molar-refractivity contribution in [2.24, 2.45) is 0 Å². The Morgan fingerprint density at radius 2 is 0.522 bits per heavy atom. The molecule has 92 heavy (non-hydrogen) atoms. The molecule has 7 aromatic rings. The van der Waals surface area contributed by atoms with Gasteiger partial charge in [-0.2, -0.15) is 0 Å². The highest BCUT2D eigenvalue weighted by Crippen LogP contribution is 2.41. The number of fused-ring (bicyclic) bond motifs is 8. The van der Waals surface area contributed by atoms with Crippen LogP contribution in [0.5, 0.6) is 23.0 Å². The maximum absolute atomic E-state index is 6.54. The van der Waals surface area contributed by atoms with Crippen molar-refractivity contribution in [1.29, 1.82) is 0 Å². The van der Waals surface area contributed by atoms with Crippen LogP contribution in [0.15, 0.2) is 121 Å². The lowest BCUT2D eigenvalue weighted by Crippen LogP contribution is -2.52. The second kappa shape index (κ2) is 27.2. The minimum absolute atomic E-state index is 0.614. The molecule has 4 saturated heterocycles. The van der Waals surface area contributed by atoms with Crippen molar-refractivity contribution in [3.05, 3.63) is 144 Å². The van der Waals surface area contributed by atoms with Gasteiger partial charge in [-0.05, 0) is 196 Å². The van der Waals surface area contributed by atoms with Crippen LogP contribution >= 0.6 is 0 Å². The number of hydrogen-bond acceptors (Lipinski definition) is 6. The van der Waals surface area contributed by atoms with E-state index in [1.54, 1.807) is 0 Å². The van der Waals surface area contributed by atoms with Gasteiger partial charge in [0.15, 0.2) is 0 Å². The molecule has 4 aromatic carbocycles. The minimum atomic E-state index is 0.614. The van der Waals surface area contributed by atoms with Gasteiger partial charge in [0.1, 0.15) is 23.0 Å². The quantitative estimate of drug-likeness (QED) is 0.0739. The lowest BCUT2D eigenvalue weighted by atomic mass is 9.98. The number of rotatable bonds is 20. The standard InChI is InChI=1S/C80H102N8O4/c1-85(2)49-13-9-17-61(85)45-53-89-65-29-21-57(22-30-65)77-69-37-39-71(81-69)78(58-23-31-66(32-24-58)90-54-46-62-18-10-14-50-86(62,3)4)73-41-43-75(83-73)80(60-27-35-68(36-28-60)92-56-48-64-20-12-16-52-88(64,7)8)76-44-42-74(84-76)79(72-40-38-70(77)82-72)59-25-33-67(34-26-59)91-55-47-63-19-11-15-51-87(63,5)6/h21-44,61-64,81,84H,9-20,45-56H2,1-8H3/q+4. The van der Waals surface area contributed by atoms with Gasteiger partial charge in [-0.1, -0.05) is 48.5 Å². The largest absolute Gasteiger partial charge is 0.493 e. The molecule has 0 amide bonds. The third-order valence-corrected chi connectivity index (χ3v) is 22.2. The van der Waals surface area contributed by atoms with E-state index < -0.39 is 0 Å². The predicted molar refractivity (Wildman–Crippen MR) is 380 cm³/mol. The van der Waals surface area contributed by atoms with Gasteiger partial charge in [-0.25, -0.2) is 9.97 Å². The third kappa shape index (κ3) is 14.2. The topological polar surface area (TPSA) is 94.3 Å². The molecule has 9 heterocycles. The van der Waals surface area contributed by atoms with E-state index in [0.717, 1.165) is 156 Å². The summed E-state index contributed by atoms with van der Waals surface area (Å²) in [7, 11) is 19.0. The number of likely N-dealkylation sites (tertiary alicyclic amines) is 4. The smallest absolute Gasteiger partial charge is 0.119 e. The molecule has 12 heteroatoms. The molecule has 8 bridgehead atoms. The zero-order chi connectivity index (χ0) is 63.5. The van der Waals surface area contributed by atoms with Crippen LogP contribution in [-0.2, 0) is 0 Å². The monoisotopic (exact) mass is 1240 g/mol. The van der Waals surface area contributed by atoms with Crippen LogP contribution in [0.3, 0.4) is 0 Å². The van der Waals surface area contributed by atoms with Gasteiger partial charge >= 0.3 is 0 Å². The van der Waals surface area contributed by atoms with Gasteiger partial charge in [0, 0.05) is 70.0 Å². The van der Waals surface area contributed by atoms with Crippen LogP contribution in [0.4, 0.5) is 0 Å². The molecule has 0 radical (unpaired) electrons. The lowest BCUT2D eigenvalue weighted by molar-refractivity contribution is -0.920. The summed E-state index contributed by atoms with van der Waals surface area (Å²) in [6, 6.07) is 45.9. The number of benzene rings is 4. The molecule has 0 aliphatic carbocycles. The maximum Gasteiger partial charge on any atom is 0.119 e. The predicted octanol–water partition coefficient (Wildman–Crippen LogP) is 16.9. The van der Waals surface area contributed by atoms with Crippen molar-refractivity contribution in [2.75, 3.05) is 109 Å². The lowest BCUT2D eigenvalue weighted by Gasteiger charge is -2.41. The first-order valence-corrected chi connectivity index (χ1v) is 34.9. The summed E-state index contributed by atoms with van der Waals surface area (Å²) in [5.74, 6) is 3.51. The number of ether oxygens (including phenoxy) is 4. The zero-order valence-corrected chi connectivity index (χ0v) is 56.5. The Labute approximate surface area is 547 Å². The Kier molecular flexibility index (Phi) is 18.7. The van der Waals surface area contributed by atoms with Crippen LogP contribution in [0.25, 0.3) is 90.9 Å². The number of H-pyrrole nitrogens is 2. The highest BCUT2D eigenvalue weighted by Gasteiger charge is 2.35. The van der Waals surface area contributed by atoms with Crippen molar-refractivity contribution < 1.29 is 36.9 Å². The highest BCUT2D eigenvalue weighted by molar-refractivity contribution is 6.00. The van der Waals surface area contributed by atoms with Crippen molar-refractivity contribution >= 4 is 46.4 Å². The molecular weight excluding hydrogens is 1140 g/mol. The Hall–Kier alpha value is -7.48. The molecule has 6 aliphatic heterocycles. The number of hydrogen-bond donors (Lipinski definition) is 2. The summed E-state index contributed by atoms with van der Waals surface area (Å²) in [6.45, 7) is 7.70. The summed E-state index contributed by atoms with van der Waals surface area (Å²) in [5, 5.41) is 0. The molecule has 0 saturated carbocycles.